The van der Waals surface area contributed by atoms with Gasteiger partial charge in [0.2, 0.25) is 0 Å². The number of ketones is 1. The van der Waals surface area contributed by atoms with Crippen LogP contribution in [0.3, 0.4) is 0 Å². The zero-order valence-corrected chi connectivity index (χ0v) is 16.3. The number of nitriles is 1. The number of ether oxygens (including phenoxy) is 1. The third-order valence-corrected chi connectivity index (χ3v) is 5.02. The number of anilines is 1. The molecule has 0 aliphatic rings. The lowest BCUT2D eigenvalue weighted by Gasteiger charge is -2.10. The Morgan fingerprint density at radius 1 is 1.18 bits per heavy atom. The van der Waals surface area contributed by atoms with Crippen molar-refractivity contribution < 1.29 is 13.7 Å². The van der Waals surface area contributed by atoms with Crippen LogP contribution in [0.4, 0.5) is 5.69 Å². The number of hydrogen-bond acceptors (Lipinski definition) is 5. The van der Waals surface area contributed by atoms with Gasteiger partial charge in [0.1, 0.15) is 28.6 Å². The van der Waals surface area contributed by atoms with Crippen LogP contribution in [0.15, 0.2) is 65.8 Å². The van der Waals surface area contributed by atoms with Gasteiger partial charge in [-0.3, -0.25) is 9.78 Å². The van der Waals surface area contributed by atoms with E-state index < -0.39 is 11.0 Å². The molecule has 0 saturated carbocycles. The van der Waals surface area contributed by atoms with Crippen LogP contribution >= 0.6 is 11.6 Å². The van der Waals surface area contributed by atoms with E-state index in [1.165, 1.54) is 25.4 Å². The zero-order chi connectivity index (χ0) is 20.1. The molecule has 8 heteroatoms. The summed E-state index contributed by atoms with van der Waals surface area (Å²) < 4.78 is 21.0. The molecule has 0 aliphatic heterocycles. The second-order valence-electron chi connectivity index (χ2n) is 5.72. The lowest BCUT2D eigenvalue weighted by molar-refractivity contribution is 0.101. The lowest BCUT2D eigenvalue weighted by Crippen LogP contribution is -2.05. The Morgan fingerprint density at radius 2 is 1.93 bits per heavy atom. The van der Waals surface area contributed by atoms with Crippen molar-refractivity contribution in [1.29, 1.82) is 5.26 Å². The molecular weight excluding hydrogens is 398 g/mol. The van der Waals surface area contributed by atoms with Gasteiger partial charge in [-0.05, 0) is 37.3 Å². The number of pyridine rings is 1. The molecule has 0 aliphatic carbocycles. The van der Waals surface area contributed by atoms with Crippen molar-refractivity contribution in [3.8, 4) is 17.6 Å². The quantitative estimate of drug-likeness (QED) is 0.591. The molecule has 28 heavy (non-hydrogen) atoms. The van der Waals surface area contributed by atoms with Crippen LogP contribution < -0.4 is 9.46 Å². The van der Waals surface area contributed by atoms with Crippen molar-refractivity contribution in [1.82, 2.24) is 4.98 Å². The van der Waals surface area contributed by atoms with E-state index in [2.05, 4.69) is 9.71 Å². The topological polar surface area (TPSA) is 92.1 Å². The van der Waals surface area contributed by atoms with E-state index in [1.54, 1.807) is 42.5 Å². The first-order chi connectivity index (χ1) is 13.5. The van der Waals surface area contributed by atoms with Gasteiger partial charge in [-0.2, -0.15) is 5.26 Å². The second-order valence-corrected chi connectivity index (χ2v) is 7.36. The Morgan fingerprint density at radius 3 is 2.57 bits per heavy atom. The average Bonchev–Trinajstić information content (AvgIpc) is 2.69. The Balaban J connectivity index is 1.77. The maximum atomic E-state index is 12.5. The van der Waals surface area contributed by atoms with Gasteiger partial charge in [0.05, 0.1) is 21.7 Å². The Labute approximate surface area is 169 Å². The Kier molecular flexibility index (Phi) is 6.04. The number of carbonyl (C=O) groups is 1. The van der Waals surface area contributed by atoms with Crippen LogP contribution in [0.25, 0.3) is 0 Å². The molecule has 0 bridgehead atoms. The van der Waals surface area contributed by atoms with Gasteiger partial charge in [-0.15, -0.1) is 0 Å². The molecule has 140 valence electrons. The van der Waals surface area contributed by atoms with Gasteiger partial charge >= 0.3 is 0 Å². The van der Waals surface area contributed by atoms with Gasteiger partial charge in [0, 0.05) is 23.5 Å². The van der Waals surface area contributed by atoms with Crippen LogP contribution in [0, 0.1) is 11.3 Å². The molecular formula is C20H14ClN3O3S. The largest absolute Gasteiger partial charge is 0.454 e. The smallest absolute Gasteiger partial charge is 0.159 e. The van der Waals surface area contributed by atoms with E-state index in [-0.39, 0.29) is 11.3 Å². The molecule has 0 radical (unpaired) electrons. The number of carbonyl (C=O) groups excluding carboxylic acids is 1. The van der Waals surface area contributed by atoms with Crippen molar-refractivity contribution >= 4 is 34.1 Å². The van der Waals surface area contributed by atoms with E-state index >= 15 is 0 Å². The molecule has 1 aromatic heterocycles. The monoisotopic (exact) mass is 411 g/mol. The molecule has 2 aromatic carbocycles. The first-order valence-electron chi connectivity index (χ1n) is 8.08. The number of nitrogens with zero attached hydrogens (tertiary/aromatic N) is 2. The normalized spacial score (nSPS) is 11.3. The molecule has 3 aromatic rings. The van der Waals surface area contributed by atoms with Crippen LogP contribution in [0.2, 0.25) is 5.02 Å². The number of halogens is 1. The molecule has 0 amide bonds. The molecule has 1 N–H and O–H groups in total. The second kappa shape index (κ2) is 8.65. The fourth-order valence-electron chi connectivity index (χ4n) is 2.32. The maximum absolute atomic E-state index is 12.5. The van der Waals surface area contributed by atoms with Crippen LogP contribution in [-0.2, 0) is 11.0 Å². The third-order valence-electron chi connectivity index (χ3n) is 3.69. The summed E-state index contributed by atoms with van der Waals surface area (Å²) in [6.07, 6.45) is 2.96. The van der Waals surface area contributed by atoms with Crippen LogP contribution in [-0.4, -0.2) is 15.0 Å². The molecule has 1 unspecified atom stereocenters. The number of nitrogens with one attached hydrogen (secondary N) is 1. The Hall–Kier alpha value is -3.21. The highest BCUT2D eigenvalue weighted by atomic mass is 35.5. The zero-order valence-electron chi connectivity index (χ0n) is 14.7. The molecule has 0 saturated heterocycles. The van der Waals surface area contributed by atoms with Crippen molar-refractivity contribution in [3.05, 3.63) is 77.1 Å². The van der Waals surface area contributed by atoms with Crippen LogP contribution in [0.1, 0.15) is 22.8 Å². The summed E-state index contributed by atoms with van der Waals surface area (Å²) in [7, 11) is -1.55. The minimum Gasteiger partial charge on any atom is -0.454 e. The van der Waals surface area contributed by atoms with Gasteiger partial charge in [0.25, 0.3) is 0 Å². The summed E-state index contributed by atoms with van der Waals surface area (Å²) in [6.45, 7) is 1.47. The van der Waals surface area contributed by atoms with Gasteiger partial charge in [-0.1, -0.05) is 23.7 Å². The first kappa shape index (κ1) is 19.5. The summed E-state index contributed by atoms with van der Waals surface area (Å²) in [5.74, 6) is 0.669. The van der Waals surface area contributed by atoms with Gasteiger partial charge in [0.15, 0.2) is 5.78 Å². The average molecular weight is 412 g/mol. The van der Waals surface area contributed by atoms with E-state index in [0.717, 1.165) is 0 Å². The van der Waals surface area contributed by atoms with Crippen molar-refractivity contribution in [2.24, 2.45) is 0 Å². The maximum Gasteiger partial charge on any atom is 0.159 e. The van der Waals surface area contributed by atoms with E-state index in [1.807, 2.05) is 6.07 Å². The highest BCUT2D eigenvalue weighted by molar-refractivity contribution is 7.86. The van der Waals surface area contributed by atoms with E-state index in [9.17, 15) is 14.3 Å². The SMILES string of the molecule is CC(=O)c1ccc(S(=O)Nc2ccc(Oc3cncc(Cl)c3)c(C#N)c2)cc1. The van der Waals surface area contributed by atoms with E-state index in [0.29, 0.717) is 32.7 Å². The summed E-state index contributed by atoms with van der Waals surface area (Å²) in [6, 6.07) is 14.9. The fourth-order valence-corrected chi connectivity index (χ4v) is 3.33. The van der Waals surface area contributed by atoms with Crippen LogP contribution in [0.5, 0.6) is 11.5 Å². The first-order valence-corrected chi connectivity index (χ1v) is 9.61. The number of hydrogen-bond donors (Lipinski definition) is 1. The standard InChI is InChI=1S/C20H14ClN3O3S/c1-13(25)14-2-5-19(6-3-14)28(26)24-17-4-7-20(15(8-17)10-22)27-18-9-16(21)11-23-12-18/h2-9,11-12,24H,1H3. The summed E-state index contributed by atoms with van der Waals surface area (Å²) in [5, 5.41) is 9.82. The van der Waals surface area contributed by atoms with E-state index in [4.69, 9.17) is 16.3 Å². The van der Waals surface area contributed by atoms with Gasteiger partial charge in [-0.25, -0.2) is 4.21 Å². The number of aromatic nitrogens is 1. The molecule has 1 atom stereocenters. The molecule has 3 rings (SSSR count). The highest BCUT2D eigenvalue weighted by Crippen LogP contribution is 2.28. The lowest BCUT2D eigenvalue weighted by atomic mass is 10.2. The Bertz CT molecular complexity index is 1090. The predicted octanol–water partition coefficient (Wildman–Crippen LogP) is 4.74. The molecule has 0 spiro atoms. The number of Topliss-reactive ketones (excluding diaryl/α,β-unsaturated/α-hetero) is 1. The number of benzene rings is 2. The minimum atomic E-state index is -1.55. The molecule has 1 heterocycles. The number of rotatable bonds is 6. The summed E-state index contributed by atoms with van der Waals surface area (Å²) in [4.78, 5) is 15.8. The predicted molar refractivity (Wildman–Crippen MR) is 107 cm³/mol. The fraction of sp³-hybridized carbons (Fsp3) is 0.0500. The molecule has 6 nitrogen and oxygen atoms in total. The highest BCUT2D eigenvalue weighted by Gasteiger charge is 2.10. The van der Waals surface area contributed by atoms with Crippen molar-refractivity contribution in [2.45, 2.75) is 11.8 Å². The third kappa shape index (κ3) is 4.74. The summed E-state index contributed by atoms with van der Waals surface area (Å²) in [5.41, 5.74) is 1.29. The minimum absolute atomic E-state index is 0.0607. The van der Waals surface area contributed by atoms with Crippen molar-refractivity contribution in [2.75, 3.05) is 4.72 Å². The van der Waals surface area contributed by atoms with Crippen molar-refractivity contribution in [3.63, 3.8) is 0 Å². The van der Waals surface area contributed by atoms with Gasteiger partial charge < -0.3 is 9.46 Å². The summed E-state index contributed by atoms with van der Waals surface area (Å²) >= 11 is 5.88. The molecule has 0 fully saturated rings.